The first-order chi connectivity index (χ1) is 10.5. The summed E-state index contributed by atoms with van der Waals surface area (Å²) in [5.74, 6) is 0.102. The fraction of sp³-hybridized carbons (Fsp3) is 0.400. The number of nitrogens with one attached hydrogen (secondary N) is 2. The number of ether oxygens (including phenoxy) is 1. The SMILES string of the molecule is COc1cn(CC(=O)NC(C)Cc2cnc[nH]2)c(C)cc1=O. The van der Waals surface area contributed by atoms with Gasteiger partial charge < -0.3 is 19.6 Å². The molecule has 118 valence electrons. The Balaban J connectivity index is 1.98. The van der Waals surface area contributed by atoms with Crippen molar-refractivity contribution in [1.82, 2.24) is 19.9 Å². The Hall–Kier alpha value is -2.57. The zero-order valence-corrected chi connectivity index (χ0v) is 12.9. The van der Waals surface area contributed by atoms with Crippen LogP contribution in [0.1, 0.15) is 18.3 Å². The number of hydrogen-bond donors (Lipinski definition) is 2. The standard InChI is InChI=1S/C15H20N4O3/c1-10(4-12-6-16-9-17-12)18-15(21)8-19-7-14(22-3)13(20)5-11(19)2/h5-7,9-10H,4,8H2,1-3H3,(H,16,17)(H,18,21). The number of aryl methyl sites for hydroxylation is 1. The lowest BCUT2D eigenvalue weighted by Crippen LogP contribution is -2.36. The van der Waals surface area contributed by atoms with E-state index < -0.39 is 0 Å². The molecule has 0 aliphatic rings. The molecule has 0 aliphatic heterocycles. The zero-order chi connectivity index (χ0) is 16.1. The van der Waals surface area contributed by atoms with Gasteiger partial charge in [-0.3, -0.25) is 9.59 Å². The molecule has 1 unspecified atom stereocenters. The van der Waals surface area contributed by atoms with Gasteiger partial charge in [0.1, 0.15) is 6.54 Å². The van der Waals surface area contributed by atoms with Crippen molar-refractivity contribution in [2.45, 2.75) is 32.9 Å². The summed E-state index contributed by atoms with van der Waals surface area (Å²) in [5.41, 5.74) is 1.49. The minimum Gasteiger partial charge on any atom is -0.491 e. The molecule has 0 spiro atoms. The lowest BCUT2D eigenvalue weighted by atomic mass is 10.2. The van der Waals surface area contributed by atoms with Crippen LogP contribution in [-0.4, -0.2) is 33.6 Å². The first kappa shape index (κ1) is 15.8. The van der Waals surface area contributed by atoms with Gasteiger partial charge in [0.25, 0.3) is 0 Å². The number of carbonyl (C=O) groups is 1. The smallest absolute Gasteiger partial charge is 0.240 e. The summed E-state index contributed by atoms with van der Waals surface area (Å²) < 4.78 is 6.69. The molecule has 2 N–H and O–H groups in total. The highest BCUT2D eigenvalue weighted by Gasteiger charge is 2.11. The van der Waals surface area contributed by atoms with Crippen LogP contribution >= 0.6 is 0 Å². The summed E-state index contributed by atoms with van der Waals surface area (Å²) in [4.78, 5) is 30.7. The molecule has 0 radical (unpaired) electrons. The fourth-order valence-corrected chi connectivity index (χ4v) is 2.23. The second-order valence-electron chi connectivity index (χ2n) is 5.22. The van der Waals surface area contributed by atoms with Gasteiger partial charge in [-0.1, -0.05) is 0 Å². The number of amides is 1. The van der Waals surface area contributed by atoms with E-state index in [2.05, 4.69) is 15.3 Å². The Kier molecular flexibility index (Phi) is 4.98. The molecule has 0 aromatic carbocycles. The van der Waals surface area contributed by atoms with E-state index in [9.17, 15) is 9.59 Å². The number of pyridine rings is 1. The molecule has 0 bridgehead atoms. The average Bonchev–Trinajstić information content (AvgIpc) is 2.94. The molecule has 1 amide bonds. The van der Waals surface area contributed by atoms with E-state index in [0.717, 1.165) is 5.69 Å². The number of H-pyrrole nitrogens is 1. The van der Waals surface area contributed by atoms with Gasteiger partial charge in [-0.2, -0.15) is 0 Å². The quantitative estimate of drug-likeness (QED) is 0.819. The number of carbonyl (C=O) groups excluding carboxylic acids is 1. The van der Waals surface area contributed by atoms with E-state index in [4.69, 9.17) is 4.74 Å². The molecule has 2 aromatic rings. The van der Waals surface area contributed by atoms with Crippen molar-refractivity contribution in [3.8, 4) is 5.75 Å². The largest absolute Gasteiger partial charge is 0.491 e. The third kappa shape index (κ3) is 3.97. The van der Waals surface area contributed by atoms with Crippen LogP contribution in [0.4, 0.5) is 0 Å². The van der Waals surface area contributed by atoms with Crippen molar-refractivity contribution in [3.63, 3.8) is 0 Å². The molecule has 2 heterocycles. The van der Waals surface area contributed by atoms with Crippen LogP contribution in [0.2, 0.25) is 0 Å². The molecule has 0 fully saturated rings. The Morgan fingerprint density at radius 2 is 2.32 bits per heavy atom. The third-order valence-corrected chi connectivity index (χ3v) is 3.33. The molecular weight excluding hydrogens is 284 g/mol. The number of imidazole rings is 1. The van der Waals surface area contributed by atoms with Gasteiger partial charge in [-0.25, -0.2) is 4.98 Å². The maximum Gasteiger partial charge on any atom is 0.240 e. The molecule has 22 heavy (non-hydrogen) atoms. The second kappa shape index (κ2) is 6.93. The molecule has 0 saturated heterocycles. The van der Waals surface area contributed by atoms with Crippen molar-refractivity contribution in [1.29, 1.82) is 0 Å². The molecule has 1 atom stereocenters. The number of hydrogen-bond acceptors (Lipinski definition) is 4. The highest BCUT2D eigenvalue weighted by molar-refractivity contribution is 5.76. The van der Waals surface area contributed by atoms with Crippen LogP contribution in [0.25, 0.3) is 0 Å². The third-order valence-electron chi connectivity index (χ3n) is 3.33. The van der Waals surface area contributed by atoms with Crippen molar-refractivity contribution < 1.29 is 9.53 Å². The van der Waals surface area contributed by atoms with Crippen molar-refractivity contribution >= 4 is 5.91 Å². The summed E-state index contributed by atoms with van der Waals surface area (Å²) in [5, 5.41) is 2.92. The Labute approximate surface area is 128 Å². The van der Waals surface area contributed by atoms with E-state index in [1.165, 1.54) is 13.2 Å². The van der Waals surface area contributed by atoms with Gasteiger partial charge in [0.2, 0.25) is 11.3 Å². The number of aromatic nitrogens is 3. The molecule has 2 aromatic heterocycles. The summed E-state index contributed by atoms with van der Waals surface area (Å²) in [6.07, 6.45) is 5.58. The van der Waals surface area contributed by atoms with E-state index >= 15 is 0 Å². The lowest BCUT2D eigenvalue weighted by Gasteiger charge is -2.16. The lowest BCUT2D eigenvalue weighted by molar-refractivity contribution is -0.122. The maximum absolute atomic E-state index is 12.1. The highest BCUT2D eigenvalue weighted by Crippen LogP contribution is 2.06. The molecule has 2 rings (SSSR count). The van der Waals surface area contributed by atoms with E-state index in [-0.39, 0.29) is 29.7 Å². The van der Waals surface area contributed by atoms with Gasteiger partial charge in [0.05, 0.1) is 19.6 Å². The van der Waals surface area contributed by atoms with E-state index in [1.54, 1.807) is 30.2 Å². The summed E-state index contributed by atoms with van der Waals surface area (Å²) >= 11 is 0. The summed E-state index contributed by atoms with van der Waals surface area (Å²) in [7, 11) is 1.43. The predicted octanol–water partition coefficient (Wildman–Crippen LogP) is 0.636. The van der Waals surface area contributed by atoms with E-state index in [0.29, 0.717) is 12.1 Å². The first-order valence-electron chi connectivity index (χ1n) is 7.01. The minimum absolute atomic E-state index is 0.0190. The Bertz CT molecular complexity index is 691. The van der Waals surface area contributed by atoms with Crippen LogP contribution in [-0.2, 0) is 17.8 Å². The summed E-state index contributed by atoms with van der Waals surface area (Å²) in [6, 6.07) is 1.44. The first-order valence-corrected chi connectivity index (χ1v) is 7.01. The molecule has 7 nitrogen and oxygen atoms in total. The van der Waals surface area contributed by atoms with Gasteiger partial charge in [0.15, 0.2) is 5.75 Å². The normalized spacial score (nSPS) is 12.0. The number of aromatic amines is 1. The number of rotatable bonds is 6. The van der Waals surface area contributed by atoms with Gasteiger partial charge in [0, 0.05) is 36.1 Å². The number of nitrogens with zero attached hydrogens (tertiary/aromatic N) is 2. The van der Waals surface area contributed by atoms with Crippen molar-refractivity contribution in [2.24, 2.45) is 0 Å². The van der Waals surface area contributed by atoms with Crippen LogP contribution in [0.3, 0.4) is 0 Å². The predicted molar refractivity (Wildman–Crippen MR) is 81.9 cm³/mol. The number of methoxy groups -OCH3 is 1. The van der Waals surface area contributed by atoms with Gasteiger partial charge >= 0.3 is 0 Å². The fourth-order valence-electron chi connectivity index (χ4n) is 2.23. The van der Waals surface area contributed by atoms with Gasteiger partial charge in [-0.15, -0.1) is 0 Å². The average molecular weight is 304 g/mol. The topological polar surface area (TPSA) is 89.0 Å². The van der Waals surface area contributed by atoms with Crippen molar-refractivity contribution in [2.75, 3.05) is 7.11 Å². The molecular formula is C15H20N4O3. The van der Waals surface area contributed by atoms with Crippen LogP contribution in [0.5, 0.6) is 5.75 Å². The monoisotopic (exact) mass is 304 g/mol. The molecule has 0 saturated carbocycles. The zero-order valence-electron chi connectivity index (χ0n) is 12.9. The Morgan fingerprint density at radius 3 is 2.95 bits per heavy atom. The second-order valence-corrected chi connectivity index (χ2v) is 5.22. The highest BCUT2D eigenvalue weighted by atomic mass is 16.5. The molecule has 0 aliphatic carbocycles. The maximum atomic E-state index is 12.1. The van der Waals surface area contributed by atoms with Crippen LogP contribution < -0.4 is 15.5 Å². The van der Waals surface area contributed by atoms with Crippen LogP contribution in [0.15, 0.2) is 29.6 Å². The van der Waals surface area contributed by atoms with E-state index in [1.807, 2.05) is 6.92 Å². The minimum atomic E-state index is -0.190. The Morgan fingerprint density at radius 1 is 1.55 bits per heavy atom. The van der Waals surface area contributed by atoms with Crippen LogP contribution in [0, 0.1) is 6.92 Å². The van der Waals surface area contributed by atoms with Crippen molar-refractivity contribution in [3.05, 3.63) is 46.4 Å². The van der Waals surface area contributed by atoms with Gasteiger partial charge in [-0.05, 0) is 13.8 Å². The molecule has 7 heteroatoms. The summed E-state index contributed by atoms with van der Waals surface area (Å²) in [6.45, 7) is 3.84.